The Bertz CT molecular complexity index is 629. The highest BCUT2D eigenvalue weighted by Gasteiger charge is 2.07. The van der Waals surface area contributed by atoms with Crippen LogP contribution in [0, 0.1) is 12.7 Å². The van der Waals surface area contributed by atoms with E-state index in [0.717, 1.165) is 4.90 Å². The van der Waals surface area contributed by atoms with E-state index in [1.54, 1.807) is 6.07 Å². The Morgan fingerprint density at radius 2 is 1.95 bits per heavy atom. The van der Waals surface area contributed by atoms with Crippen molar-refractivity contribution in [1.29, 1.82) is 0 Å². The average Bonchev–Trinajstić information content (AvgIpc) is 2.47. The minimum Gasteiger partial charge on any atom is -0.494 e. The van der Waals surface area contributed by atoms with Crippen LogP contribution >= 0.6 is 11.8 Å². The third kappa shape index (κ3) is 4.49. The first-order valence-electron chi connectivity index (χ1n) is 6.41. The van der Waals surface area contributed by atoms with Gasteiger partial charge in [0.25, 0.3) is 0 Å². The summed E-state index contributed by atoms with van der Waals surface area (Å²) in [7, 11) is 1.40. The van der Waals surface area contributed by atoms with Crippen molar-refractivity contribution >= 4 is 23.4 Å². The average molecular weight is 305 g/mol. The quantitative estimate of drug-likeness (QED) is 0.852. The second-order valence-electron chi connectivity index (χ2n) is 4.50. The number of benzene rings is 2. The molecule has 0 heterocycles. The van der Waals surface area contributed by atoms with Gasteiger partial charge in [0.2, 0.25) is 5.91 Å². The van der Waals surface area contributed by atoms with E-state index in [-0.39, 0.29) is 17.4 Å². The van der Waals surface area contributed by atoms with Crippen molar-refractivity contribution in [3.8, 4) is 5.75 Å². The lowest BCUT2D eigenvalue weighted by molar-refractivity contribution is -0.113. The second-order valence-corrected chi connectivity index (χ2v) is 5.55. The number of amides is 1. The molecule has 0 aromatic heterocycles. The third-order valence-corrected chi connectivity index (χ3v) is 3.84. The van der Waals surface area contributed by atoms with Crippen molar-refractivity contribution in [2.24, 2.45) is 0 Å². The molecule has 2 aromatic rings. The van der Waals surface area contributed by atoms with Crippen LogP contribution in [0.1, 0.15) is 5.56 Å². The predicted octanol–water partition coefficient (Wildman–Crippen LogP) is 3.87. The van der Waals surface area contributed by atoms with Crippen molar-refractivity contribution in [3.05, 3.63) is 53.8 Å². The number of nitrogens with one attached hydrogen (secondary N) is 1. The van der Waals surface area contributed by atoms with Crippen molar-refractivity contribution in [2.75, 3.05) is 18.2 Å². The first-order valence-corrected chi connectivity index (χ1v) is 7.40. The number of hydrogen-bond acceptors (Lipinski definition) is 3. The molecule has 0 aliphatic heterocycles. The molecule has 0 atom stereocenters. The molecule has 0 bridgehead atoms. The van der Waals surface area contributed by atoms with Gasteiger partial charge in [0.1, 0.15) is 0 Å². The number of carbonyl (C=O) groups excluding carboxylic acids is 1. The fraction of sp³-hybridized carbons (Fsp3) is 0.188. The lowest BCUT2D eigenvalue weighted by Crippen LogP contribution is -2.14. The lowest BCUT2D eigenvalue weighted by Gasteiger charge is -2.07. The molecule has 5 heteroatoms. The summed E-state index contributed by atoms with van der Waals surface area (Å²) in [6.45, 7) is 2.01. The van der Waals surface area contributed by atoms with Crippen LogP contribution in [0.15, 0.2) is 47.4 Å². The highest BCUT2D eigenvalue weighted by molar-refractivity contribution is 8.00. The summed E-state index contributed by atoms with van der Waals surface area (Å²) >= 11 is 1.44. The lowest BCUT2D eigenvalue weighted by atomic mass is 10.2. The molecule has 3 nitrogen and oxygen atoms in total. The van der Waals surface area contributed by atoms with Crippen molar-refractivity contribution in [1.82, 2.24) is 0 Å². The van der Waals surface area contributed by atoms with Crippen molar-refractivity contribution < 1.29 is 13.9 Å². The fourth-order valence-electron chi connectivity index (χ4n) is 1.72. The number of halogens is 1. The van der Waals surface area contributed by atoms with Gasteiger partial charge >= 0.3 is 0 Å². The van der Waals surface area contributed by atoms with Gasteiger partial charge in [0.05, 0.1) is 12.9 Å². The Morgan fingerprint density at radius 3 is 2.57 bits per heavy atom. The number of carbonyl (C=O) groups is 1. The predicted molar refractivity (Wildman–Crippen MR) is 83.5 cm³/mol. The molecule has 0 radical (unpaired) electrons. The zero-order valence-electron chi connectivity index (χ0n) is 11.9. The largest absolute Gasteiger partial charge is 0.494 e. The van der Waals surface area contributed by atoms with Crippen molar-refractivity contribution in [2.45, 2.75) is 11.8 Å². The molecule has 0 fully saturated rings. The molecule has 2 aromatic carbocycles. The molecule has 0 unspecified atom stereocenters. The molecule has 110 valence electrons. The van der Waals surface area contributed by atoms with E-state index in [9.17, 15) is 9.18 Å². The van der Waals surface area contributed by atoms with E-state index >= 15 is 0 Å². The molecule has 0 aliphatic rings. The van der Waals surface area contributed by atoms with E-state index in [4.69, 9.17) is 4.74 Å². The number of hydrogen-bond donors (Lipinski definition) is 1. The Balaban J connectivity index is 1.89. The van der Waals surface area contributed by atoms with Crippen LogP contribution in [0.2, 0.25) is 0 Å². The van der Waals surface area contributed by atoms with Gasteiger partial charge in [-0.25, -0.2) is 4.39 Å². The summed E-state index contributed by atoms with van der Waals surface area (Å²) in [5, 5.41) is 2.66. The fourth-order valence-corrected chi connectivity index (χ4v) is 2.42. The maximum absolute atomic E-state index is 13.5. The van der Waals surface area contributed by atoms with Crippen molar-refractivity contribution in [3.63, 3.8) is 0 Å². The molecule has 0 spiro atoms. The summed E-state index contributed by atoms with van der Waals surface area (Å²) in [4.78, 5) is 12.9. The third-order valence-electron chi connectivity index (χ3n) is 2.83. The van der Waals surface area contributed by atoms with Crippen LogP contribution in [0.5, 0.6) is 5.75 Å². The Labute approximate surface area is 127 Å². The number of ether oxygens (including phenoxy) is 1. The van der Waals surface area contributed by atoms with Gasteiger partial charge in [0.15, 0.2) is 11.6 Å². The Kier molecular flexibility index (Phi) is 5.22. The zero-order valence-corrected chi connectivity index (χ0v) is 12.7. The minimum atomic E-state index is -0.499. The van der Waals surface area contributed by atoms with Gasteiger partial charge in [-0.15, -0.1) is 11.8 Å². The maximum Gasteiger partial charge on any atom is 0.234 e. The molecular weight excluding hydrogens is 289 g/mol. The van der Waals surface area contributed by atoms with Crippen LogP contribution in [0.4, 0.5) is 10.1 Å². The topological polar surface area (TPSA) is 38.3 Å². The van der Waals surface area contributed by atoms with Gasteiger partial charge in [-0.3, -0.25) is 4.79 Å². The molecule has 0 aliphatic carbocycles. The molecule has 2 rings (SSSR count). The van der Waals surface area contributed by atoms with Gasteiger partial charge in [-0.2, -0.15) is 0 Å². The molecule has 0 saturated carbocycles. The SMILES string of the molecule is COc1ccc(NC(=O)CSc2ccc(C)cc2)cc1F. The molecule has 21 heavy (non-hydrogen) atoms. The monoisotopic (exact) mass is 305 g/mol. The number of thioether (sulfide) groups is 1. The molecule has 1 N–H and O–H groups in total. The summed E-state index contributed by atoms with van der Waals surface area (Å²) in [6.07, 6.45) is 0. The first kappa shape index (κ1) is 15.4. The van der Waals surface area contributed by atoms with E-state index < -0.39 is 5.82 Å². The van der Waals surface area contributed by atoms with Crippen LogP contribution in [-0.2, 0) is 4.79 Å². The van der Waals surface area contributed by atoms with Gasteiger partial charge in [-0.05, 0) is 31.2 Å². The summed E-state index contributed by atoms with van der Waals surface area (Å²) in [6, 6.07) is 12.3. The summed E-state index contributed by atoms with van der Waals surface area (Å²) in [5.41, 5.74) is 1.60. The van der Waals surface area contributed by atoms with Crippen LogP contribution in [-0.4, -0.2) is 18.8 Å². The minimum absolute atomic E-state index is 0.155. The smallest absolute Gasteiger partial charge is 0.234 e. The maximum atomic E-state index is 13.5. The van der Waals surface area contributed by atoms with E-state index in [1.165, 1.54) is 36.6 Å². The standard InChI is InChI=1S/C16H16FNO2S/c1-11-3-6-13(7-4-11)21-10-16(19)18-12-5-8-15(20-2)14(17)9-12/h3-9H,10H2,1-2H3,(H,18,19). The molecule has 1 amide bonds. The number of anilines is 1. The van der Waals surface area contributed by atoms with E-state index in [2.05, 4.69) is 5.32 Å². The summed E-state index contributed by atoms with van der Waals surface area (Å²) < 4.78 is 18.3. The number of methoxy groups -OCH3 is 1. The van der Waals surface area contributed by atoms with Crippen LogP contribution < -0.4 is 10.1 Å². The Hall–Kier alpha value is -2.01. The second kappa shape index (κ2) is 7.13. The Morgan fingerprint density at radius 1 is 1.24 bits per heavy atom. The van der Waals surface area contributed by atoms with E-state index in [0.29, 0.717) is 5.69 Å². The van der Waals surface area contributed by atoms with E-state index in [1.807, 2.05) is 31.2 Å². The number of rotatable bonds is 5. The highest BCUT2D eigenvalue weighted by atomic mass is 32.2. The first-order chi connectivity index (χ1) is 10.1. The molecule has 0 saturated heterocycles. The summed E-state index contributed by atoms with van der Waals surface area (Å²) in [5.74, 6) is -0.245. The molecular formula is C16H16FNO2S. The highest BCUT2D eigenvalue weighted by Crippen LogP contribution is 2.22. The van der Waals surface area contributed by atoms with Gasteiger partial charge in [-0.1, -0.05) is 17.7 Å². The van der Waals surface area contributed by atoms with Gasteiger partial charge in [0, 0.05) is 16.6 Å². The number of aryl methyl sites for hydroxylation is 1. The van der Waals surface area contributed by atoms with Crippen LogP contribution in [0.25, 0.3) is 0 Å². The normalized spacial score (nSPS) is 10.2. The zero-order chi connectivity index (χ0) is 15.2. The van der Waals surface area contributed by atoms with Crippen LogP contribution in [0.3, 0.4) is 0 Å². The van der Waals surface area contributed by atoms with Gasteiger partial charge < -0.3 is 10.1 Å².